The van der Waals surface area contributed by atoms with E-state index in [1.54, 1.807) is 6.07 Å². The monoisotopic (exact) mass is 474 g/mol. The van der Waals surface area contributed by atoms with Crippen LogP contribution in [0.3, 0.4) is 0 Å². The van der Waals surface area contributed by atoms with E-state index in [9.17, 15) is 22.8 Å². The van der Waals surface area contributed by atoms with Crippen molar-refractivity contribution in [3.8, 4) is 0 Å². The number of aliphatic imine (C=N–C) groups is 1. The van der Waals surface area contributed by atoms with E-state index >= 15 is 0 Å². The number of aryl methyl sites for hydroxylation is 2. The van der Waals surface area contributed by atoms with Crippen LogP contribution in [0, 0.1) is 13.8 Å². The standard InChI is InChI=1S/C25H29F3N4O2/c1-14-13-16(24(3,4)5)9-10-17(14)22(33)29-11-12-30-23(34)32-20-15(2)21(25(26,27)28)31-19-8-6-7-18(19)20/h9-10,12-13H,6-8,11H2,1-5H3,(H,29,33)(H,31,32,34)/b30-12-. The van der Waals surface area contributed by atoms with Crippen LogP contribution in [0.1, 0.15) is 71.2 Å². The molecule has 3 amide bonds. The predicted molar refractivity (Wildman–Crippen MR) is 126 cm³/mol. The predicted octanol–water partition coefficient (Wildman–Crippen LogP) is 5.54. The third-order valence-electron chi connectivity index (χ3n) is 5.87. The minimum atomic E-state index is -4.61. The van der Waals surface area contributed by atoms with Crippen LogP contribution in [0.25, 0.3) is 0 Å². The third-order valence-corrected chi connectivity index (χ3v) is 5.87. The van der Waals surface area contributed by atoms with Gasteiger partial charge in [0, 0.05) is 23.0 Å². The second-order valence-corrected chi connectivity index (χ2v) is 9.47. The number of amides is 3. The van der Waals surface area contributed by atoms with Gasteiger partial charge in [-0.2, -0.15) is 13.2 Å². The van der Waals surface area contributed by atoms with Crippen molar-refractivity contribution < 1.29 is 22.8 Å². The van der Waals surface area contributed by atoms with Gasteiger partial charge in [0.1, 0.15) is 5.69 Å². The number of halogens is 3. The number of rotatable bonds is 4. The van der Waals surface area contributed by atoms with E-state index in [4.69, 9.17) is 0 Å². The molecule has 0 saturated carbocycles. The Hall–Kier alpha value is -3.23. The van der Waals surface area contributed by atoms with E-state index in [0.29, 0.717) is 36.1 Å². The van der Waals surface area contributed by atoms with E-state index in [0.717, 1.165) is 11.1 Å². The van der Waals surface area contributed by atoms with Crippen molar-refractivity contribution in [1.29, 1.82) is 0 Å². The number of benzene rings is 1. The Morgan fingerprint density at radius 3 is 2.47 bits per heavy atom. The topological polar surface area (TPSA) is 83.5 Å². The number of carbonyl (C=O) groups excluding carboxylic acids is 2. The molecule has 6 nitrogen and oxygen atoms in total. The quantitative estimate of drug-likeness (QED) is 0.571. The number of carbonyl (C=O) groups is 2. The number of hydrogen-bond acceptors (Lipinski definition) is 3. The molecule has 1 heterocycles. The van der Waals surface area contributed by atoms with E-state index in [1.807, 2.05) is 19.1 Å². The van der Waals surface area contributed by atoms with E-state index in [1.165, 1.54) is 13.1 Å². The molecule has 1 aromatic heterocycles. The van der Waals surface area contributed by atoms with Gasteiger partial charge in [0.2, 0.25) is 0 Å². The van der Waals surface area contributed by atoms with Crippen LogP contribution in [0.2, 0.25) is 0 Å². The van der Waals surface area contributed by atoms with E-state index < -0.39 is 17.9 Å². The molecule has 0 bridgehead atoms. The number of nitrogens with zero attached hydrogens (tertiary/aromatic N) is 2. The number of aromatic nitrogens is 1. The summed E-state index contributed by atoms with van der Waals surface area (Å²) in [7, 11) is 0. The highest BCUT2D eigenvalue weighted by molar-refractivity contribution is 5.99. The first kappa shape index (κ1) is 25.4. The van der Waals surface area contributed by atoms with Crippen molar-refractivity contribution in [1.82, 2.24) is 10.3 Å². The molecule has 1 aliphatic carbocycles. The van der Waals surface area contributed by atoms with Gasteiger partial charge in [0.15, 0.2) is 0 Å². The number of alkyl halides is 3. The summed E-state index contributed by atoms with van der Waals surface area (Å²) in [5.41, 5.74) is 2.42. The van der Waals surface area contributed by atoms with Crippen molar-refractivity contribution in [3.63, 3.8) is 0 Å². The lowest BCUT2D eigenvalue weighted by Gasteiger charge is -2.20. The van der Waals surface area contributed by atoms with Gasteiger partial charge in [-0.15, -0.1) is 0 Å². The molecule has 1 aromatic carbocycles. The zero-order valence-electron chi connectivity index (χ0n) is 20.0. The molecule has 0 atom stereocenters. The average molecular weight is 475 g/mol. The van der Waals surface area contributed by atoms with Gasteiger partial charge >= 0.3 is 12.2 Å². The molecule has 2 N–H and O–H groups in total. The lowest BCUT2D eigenvalue weighted by molar-refractivity contribution is -0.141. The number of pyridine rings is 1. The smallest absolute Gasteiger partial charge is 0.347 e. The van der Waals surface area contributed by atoms with Gasteiger partial charge in [0.25, 0.3) is 5.91 Å². The molecule has 3 rings (SSSR count). The molecule has 34 heavy (non-hydrogen) atoms. The van der Waals surface area contributed by atoms with Gasteiger partial charge in [-0.3, -0.25) is 4.79 Å². The first-order valence-corrected chi connectivity index (χ1v) is 11.1. The van der Waals surface area contributed by atoms with Gasteiger partial charge in [-0.25, -0.2) is 14.8 Å². The highest BCUT2D eigenvalue weighted by atomic mass is 19.4. The number of nitrogens with one attached hydrogen (secondary N) is 2. The number of urea groups is 1. The molecule has 0 fully saturated rings. The average Bonchev–Trinajstić information content (AvgIpc) is 3.20. The molecule has 1 aliphatic rings. The molecule has 182 valence electrons. The molecular formula is C25H29F3N4O2. The fraction of sp³-hybridized carbons (Fsp3) is 0.440. The van der Waals surface area contributed by atoms with Crippen LogP contribution < -0.4 is 10.6 Å². The lowest BCUT2D eigenvalue weighted by Crippen LogP contribution is -2.26. The molecule has 0 saturated heterocycles. The minimum absolute atomic E-state index is 0.00600. The van der Waals surface area contributed by atoms with Crippen LogP contribution in [-0.2, 0) is 24.4 Å². The first-order chi connectivity index (χ1) is 15.8. The molecule has 0 aliphatic heterocycles. The maximum atomic E-state index is 13.4. The zero-order chi connectivity index (χ0) is 25.3. The fourth-order valence-corrected chi connectivity index (χ4v) is 4.02. The van der Waals surface area contributed by atoms with Gasteiger partial charge in [0.05, 0.1) is 12.2 Å². The summed E-state index contributed by atoms with van der Waals surface area (Å²) < 4.78 is 40.1. The lowest BCUT2D eigenvalue weighted by atomic mass is 9.85. The fourth-order valence-electron chi connectivity index (χ4n) is 4.02. The number of anilines is 1. The summed E-state index contributed by atoms with van der Waals surface area (Å²) in [5.74, 6) is -0.303. The molecule has 2 aromatic rings. The summed E-state index contributed by atoms with van der Waals surface area (Å²) >= 11 is 0. The van der Waals surface area contributed by atoms with E-state index in [2.05, 4.69) is 41.4 Å². The molecule has 0 unspecified atom stereocenters. The Bertz CT molecular complexity index is 1150. The Balaban J connectivity index is 1.65. The Morgan fingerprint density at radius 2 is 1.85 bits per heavy atom. The Labute approximate surface area is 197 Å². The Kier molecular flexibility index (Phi) is 7.14. The first-order valence-electron chi connectivity index (χ1n) is 11.1. The molecule has 0 radical (unpaired) electrons. The number of hydrogen-bond donors (Lipinski definition) is 2. The number of fused-ring (bicyclic) bond motifs is 1. The van der Waals surface area contributed by atoms with Crippen molar-refractivity contribution in [2.45, 2.75) is 65.5 Å². The maximum absolute atomic E-state index is 13.4. The van der Waals surface area contributed by atoms with E-state index in [-0.39, 0.29) is 29.1 Å². The minimum Gasteiger partial charge on any atom is -0.347 e. The van der Waals surface area contributed by atoms with Gasteiger partial charge in [-0.05, 0) is 61.3 Å². The van der Waals surface area contributed by atoms with Crippen LogP contribution in [0.5, 0.6) is 0 Å². The molecular weight excluding hydrogens is 445 g/mol. The van der Waals surface area contributed by atoms with Crippen LogP contribution in [0.4, 0.5) is 23.7 Å². The summed E-state index contributed by atoms with van der Waals surface area (Å²) in [6.45, 7) is 9.42. The zero-order valence-corrected chi connectivity index (χ0v) is 20.0. The molecule has 9 heteroatoms. The van der Waals surface area contributed by atoms with Crippen molar-refractivity contribution in [2.75, 3.05) is 11.9 Å². The van der Waals surface area contributed by atoms with Crippen molar-refractivity contribution in [3.05, 3.63) is 57.4 Å². The second-order valence-electron chi connectivity index (χ2n) is 9.47. The highest BCUT2D eigenvalue weighted by Crippen LogP contribution is 2.38. The van der Waals surface area contributed by atoms with Crippen LogP contribution in [-0.4, -0.2) is 29.7 Å². The highest BCUT2D eigenvalue weighted by Gasteiger charge is 2.37. The SMILES string of the molecule is Cc1cc(C(C)(C)C)ccc1C(=O)NC/C=N\C(=O)Nc1c(C)c(C(F)(F)F)nc2c1CCC2. The summed E-state index contributed by atoms with van der Waals surface area (Å²) in [4.78, 5) is 32.3. The third kappa shape index (κ3) is 5.63. The van der Waals surface area contributed by atoms with Crippen LogP contribution >= 0.6 is 0 Å². The largest absolute Gasteiger partial charge is 0.433 e. The van der Waals surface area contributed by atoms with Crippen LogP contribution in [0.15, 0.2) is 23.2 Å². The summed E-state index contributed by atoms with van der Waals surface area (Å²) in [6, 6.07) is 4.84. The summed E-state index contributed by atoms with van der Waals surface area (Å²) in [5, 5.41) is 5.16. The Morgan fingerprint density at radius 1 is 1.15 bits per heavy atom. The maximum Gasteiger partial charge on any atom is 0.433 e. The second kappa shape index (κ2) is 9.56. The van der Waals surface area contributed by atoms with Gasteiger partial charge in [-0.1, -0.05) is 32.9 Å². The van der Waals surface area contributed by atoms with Crippen molar-refractivity contribution in [2.24, 2.45) is 4.99 Å². The summed E-state index contributed by atoms with van der Waals surface area (Å²) in [6.07, 6.45) is -1.74. The normalized spacial score (nSPS) is 13.8. The molecule has 0 spiro atoms. The van der Waals surface area contributed by atoms with Crippen molar-refractivity contribution >= 4 is 23.8 Å². The van der Waals surface area contributed by atoms with Gasteiger partial charge < -0.3 is 10.6 Å².